The van der Waals surface area contributed by atoms with Gasteiger partial charge in [-0.05, 0) is 18.6 Å². The summed E-state index contributed by atoms with van der Waals surface area (Å²) in [7, 11) is 1.56. The maximum absolute atomic E-state index is 11.4. The molecule has 90 valence electrons. The summed E-state index contributed by atoms with van der Waals surface area (Å²) in [6.45, 7) is 2.35. The maximum atomic E-state index is 11.4. The van der Waals surface area contributed by atoms with Crippen LogP contribution in [0.3, 0.4) is 0 Å². The largest absolute Gasteiger partial charge is 0.481 e. The molecule has 0 aliphatic carbocycles. The maximum Gasteiger partial charge on any atom is 0.244 e. The van der Waals surface area contributed by atoms with Crippen molar-refractivity contribution in [2.45, 2.75) is 13.5 Å². The molecule has 0 saturated heterocycles. The minimum Gasteiger partial charge on any atom is -0.481 e. The van der Waals surface area contributed by atoms with Crippen LogP contribution in [0.5, 0.6) is 5.88 Å². The normalized spacial score (nSPS) is 10.9. The fraction of sp³-hybridized carbons (Fsp3) is 0.231. The van der Waals surface area contributed by atoms with E-state index in [0.717, 1.165) is 5.56 Å². The zero-order valence-corrected chi connectivity index (χ0v) is 10.0. The second-order valence-corrected chi connectivity index (χ2v) is 3.31. The van der Waals surface area contributed by atoms with Crippen LogP contribution in [0.4, 0.5) is 0 Å². The number of nitrogens with one attached hydrogen (secondary N) is 1. The Morgan fingerprint density at radius 1 is 1.53 bits per heavy atom. The molecule has 17 heavy (non-hydrogen) atoms. The number of carbonyl (C=O) groups is 1. The molecule has 1 N–H and O–H groups in total. The topological polar surface area (TPSA) is 51.2 Å². The second kappa shape index (κ2) is 7.22. The van der Waals surface area contributed by atoms with Gasteiger partial charge in [0, 0.05) is 24.9 Å². The van der Waals surface area contributed by atoms with E-state index < -0.39 is 0 Å². The van der Waals surface area contributed by atoms with Crippen molar-refractivity contribution >= 4 is 5.91 Å². The van der Waals surface area contributed by atoms with Crippen LogP contribution in [0.1, 0.15) is 12.5 Å². The third-order valence-electron chi connectivity index (χ3n) is 2.03. The Morgan fingerprint density at radius 2 is 2.35 bits per heavy atom. The molecule has 0 saturated carbocycles. The summed E-state index contributed by atoms with van der Waals surface area (Å²) < 4.78 is 4.99. The van der Waals surface area contributed by atoms with Crippen molar-refractivity contribution in [1.82, 2.24) is 10.3 Å². The van der Waals surface area contributed by atoms with E-state index in [1.807, 2.05) is 19.1 Å². The van der Waals surface area contributed by atoms with Gasteiger partial charge in [-0.3, -0.25) is 4.79 Å². The van der Waals surface area contributed by atoms with Crippen molar-refractivity contribution in [2.75, 3.05) is 7.11 Å². The number of nitrogens with zero attached hydrogens (tertiary/aromatic N) is 1. The first-order valence-electron chi connectivity index (χ1n) is 5.32. The molecular formula is C13H16N2O2. The highest BCUT2D eigenvalue weighted by Gasteiger charge is 1.98. The summed E-state index contributed by atoms with van der Waals surface area (Å²) >= 11 is 0. The lowest BCUT2D eigenvalue weighted by Gasteiger charge is -2.04. The first-order chi connectivity index (χ1) is 8.26. The molecule has 0 aliphatic heterocycles. The number of amides is 1. The van der Waals surface area contributed by atoms with Crippen LogP contribution in [0.2, 0.25) is 0 Å². The molecule has 0 atom stereocenters. The van der Waals surface area contributed by atoms with Crippen LogP contribution in [-0.4, -0.2) is 18.0 Å². The van der Waals surface area contributed by atoms with Crippen molar-refractivity contribution in [2.24, 2.45) is 0 Å². The van der Waals surface area contributed by atoms with Gasteiger partial charge in [0.1, 0.15) is 0 Å². The second-order valence-electron chi connectivity index (χ2n) is 3.31. The average molecular weight is 232 g/mol. The molecule has 0 radical (unpaired) electrons. The fourth-order valence-corrected chi connectivity index (χ4v) is 1.17. The van der Waals surface area contributed by atoms with Gasteiger partial charge < -0.3 is 10.1 Å². The molecule has 1 amide bonds. The Morgan fingerprint density at radius 3 is 3.06 bits per heavy atom. The number of pyridine rings is 1. The molecule has 1 aromatic heterocycles. The van der Waals surface area contributed by atoms with Gasteiger partial charge >= 0.3 is 0 Å². The number of aromatic nitrogens is 1. The fourth-order valence-electron chi connectivity index (χ4n) is 1.17. The van der Waals surface area contributed by atoms with Gasteiger partial charge in [0.2, 0.25) is 11.8 Å². The van der Waals surface area contributed by atoms with Crippen molar-refractivity contribution < 1.29 is 9.53 Å². The van der Waals surface area contributed by atoms with Gasteiger partial charge in [0.15, 0.2) is 0 Å². The van der Waals surface area contributed by atoms with Crippen LogP contribution in [0, 0.1) is 0 Å². The summed E-state index contributed by atoms with van der Waals surface area (Å²) in [5.41, 5.74) is 0.949. The molecular weight excluding hydrogens is 216 g/mol. The average Bonchev–Trinajstić information content (AvgIpc) is 2.37. The van der Waals surface area contributed by atoms with E-state index >= 15 is 0 Å². The third kappa shape index (κ3) is 4.97. The Kier molecular flexibility index (Phi) is 5.51. The van der Waals surface area contributed by atoms with E-state index in [1.165, 1.54) is 6.08 Å². The lowest BCUT2D eigenvalue weighted by Crippen LogP contribution is -2.20. The van der Waals surface area contributed by atoms with Gasteiger partial charge in [-0.15, -0.1) is 0 Å². The molecule has 1 aromatic rings. The van der Waals surface area contributed by atoms with Gasteiger partial charge in [-0.25, -0.2) is 4.98 Å². The van der Waals surface area contributed by atoms with Gasteiger partial charge in [0.05, 0.1) is 7.11 Å². The molecule has 1 heterocycles. The quantitative estimate of drug-likeness (QED) is 0.622. The molecule has 4 nitrogen and oxygen atoms in total. The number of hydrogen-bond donors (Lipinski definition) is 1. The summed E-state index contributed by atoms with van der Waals surface area (Å²) in [5.74, 6) is 0.417. The molecule has 0 aromatic carbocycles. The van der Waals surface area contributed by atoms with E-state index in [2.05, 4.69) is 10.3 Å². The van der Waals surface area contributed by atoms with Crippen molar-refractivity contribution in [3.63, 3.8) is 0 Å². The van der Waals surface area contributed by atoms with Crippen molar-refractivity contribution in [1.29, 1.82) is 0 Å². The van der Waals surface area contributed by atoms with E-state index in [4.69, 9.17) is 4.74 Å². The first-order valence-corrected chi connectivity index (χ1v) is 5.32. The predicted octanol–water partition coefficient (Wildman–Crippen LogP) is 1.84. The van der Waals surface area contributed by atoms with Crippen LogP contribution < -0.4 is 10.1 Å². The minimum absolute atomic E-state index is 0.126. The summed E-state index contributed by atoms with van der Waals surface area (Å²) in [5, 5.41) is 2.77. The number of ether oxygens (including phenoxy) is 1. The van der Waals surface area contributed by atoms with E-state index in [0.29, 0.717) is 12.4 Å². The number of carbonyl (C=O) groups excluding carboxylic acids is 1. The van der Waals surface area contributed by atoms with E-state index in [-0.39, 0.29) is 5.91 Å². The summed E-state index contributed by atoms with van der Waals surface area (Å²) in [6, 6.07) is 3.62. The van der Waals surface area contributed by atoms with Gasteiger partial charge in [-0.2, -0.15) is 0 Å². The first kappa shape index (κ1) is 13.0. The van der Waals surface area contributed by atoms with Crippen LogP contribution in [-0.2, 0) is 11.3 Å². The molecule has 0 bridgehead atoms. The van der Waals surface area contributed by atoms with Crippen LogP contribution >= 0.6 is 0 Å². The highest BCUT2D eigenvalue weighted by molar-refractivity contribution is 5.87. The Labute approximate surface area is 101 Å². The third-order valence-corrected chi connectivity index (χ3v) is 2.03. The smallest absolute Gasteiger partial charge is 0.244 e. The molecule has 0 unspecified atom stereocenters. The zero-order chi connectivity index (χ0) is 12.5. The molecule has 4 heteroatoms. The Hall–Kier alpha value is -2.10. The number of hydrogen-bond acceptors (Lipinski definition) is 3. The Balaban J connectivity index is 2.47. The SMILES string of the molecule is CC=CC=CC(=O)NCc1ccnc(OC)c1. The number of rotatable bonds is 5. The molecule has 0 aliphatic rings. The number of allylic oxidation sites excluding steroid dienone is 3. The van der Waals surface area contributed by atoms with E-state index in [1.54, 1.807) is 31.5 Å². The lowest BCUT2D eigenvalue weighted by molar-refractivity contribution is -0.116. The number of methoxy groups -OCH3 is 1. The predicted molar refractivity (Wildman–Crippen MR) is 66.6 cm³/mol. The summed E-state index contributed by atoms with van der Waals surface area (Å²) in [6.07, 6.45) is 8.49. The molecule has 0 spiro atoms. The zero-order valence-electron chi connectivity index (χ0n) is 10.0. The monoisotopic (exact) mass is 232 g/mol. The molecule has 0 fully saturated rings. The van der Waals surface area contributed by atoms with E-state index in [9.17, 15) is 4.79 Å². The minimum atomic E-state index is -0.126. The molecule has 1 rings (SSSR count). The standard InChI is InChI=1S/C13H16N2O2/c1-3-4-5-6-12(16)15-10-11-7-8-14-13(9-11)17-2/h3-9H,10H2,1-2H3,(H,15,16). The van der Waals surface area contributed by atoms with Crippen LogP contribution in [0.15, 0.2) is 42.6 Å². The van der Waals surface area contributed by atoms with Crippen molar-refractivity contribution in [3.8, 4) is 5.88 Å². The van der Waals surface area contributed by atoms with Gasteiger partial charge in [-0.1, -0.05) is 18.2 Å². The van der Waals surface area contributed by atoms with Gasteiger partial charge in [0.25, 0.3) is 0 Å². The lowest BCUT2D eigenvalue weighted by atomic mass is 10.2. The highest BCUT2D eigenvalue weighted by Crippen LogP contribution is 2.07. The highest BCUT2D eigenvalue weighted by atomic mass is 16.5. The van der Waals surface area contributed by atoms with Crippen LogP contribution in [0.25, 0.3) is 0 Å². The van der Waals surface area contributed by atoms with Crippen molar-refractivity contribution in [3.05, 3.63) is 48.2 Å². The summed E-state index contributed by atoms with van der Waals surface area (Å²) in [4.78, 5) is 15.4. The Bertz CT molecular complexity index is 425.